The van der Waals surface area contributed by atoms with E-state index in [9.17, 15) is 14.7 Å². The topological polar surface area (TPSA) is 66.4 Å². The van der Waals surface area contributed by atoms with Crippen molar-refractivity contribution in [1.29, 1.82) is 0 Å². The van der Waals surface area contributed by atoms with Gasteiger partial charge < -0.3 is 10.4 Å². The van der Waals surface area contributed by atoms with Crippen LogP contribution < -0.4 is 5.32 Å². The molecule has 4 aromatic carbocycles. The average molecular weight is 464 g/mol. The number of benzene rings is 4. The van der Waals surface area contributed by atoms with Gasteiger partial charge in [-0.15, -0.1) is 0 Å². The third kappa shape index (κ3) is 4.87. The molecule has 0 aliphatic heterocycles. The minimum atomic E-state index is -1.22. The lowest BCUT2D eigenvalue weighted by Crippen LogP contribution is -2.52. The first kappa shape index (κ1) is 24.0. The summed E-state index contributed by atoms with van der Waals surface area (Å²) in [6.45, 7) is 4.02. The van der Waals surface area contributed by atoms with Crippen molar-refractivity contribution in [2.45, 2.75) is 31.7 Å². The van der Waals surface area contributed by atoms with E-state index in [1.807, 2.05) is 123 Å². The van der Waals surface area contributed by atoms with Crippen molar-refractivity contribution in [3.05, 3.63) is 143 Å². The highest BCUT2D eigenvalue weighted by molar-refractivity contribution is 5.98. The number of carboxylic acid groups (broad SMARTS) is 1. The van der Waals surface area contributed by atoms with Gasteiger partial charge in [0.1, 0.15) is 11.5 Å². The minimum Gasteiger partial charge on any atom is -0.480 e. The molecule has 0 aliphatic rings. The van der Waals surface area contributed by atoms with Crippen LogP contribution in [0.15, 0.2) is 109 Å². The molecule has 0 saturated carbocycles. The van der Waals surface area contributed by atoms with Crippen molar-refractivity contribution < 1.29 is 14.7 Å². The number of carbonyl (C=O) groups is 2. The van der Waals surface area contributed by atoms with Crippen molar-refractivity contribution >= 4 is 11.9 Å². The molecule has 0 aliphatic carbocycles. The van der Waals surface area contributed by atoms with Crippen LogP contribution >= 0.6 is 0 Å². The quantitative estimate of drug-likeness (QED) is 0.342. The second-order valence-electron chi connectivity index (χ2n) is 8.84. The number of aryl methyl sites for hydroxylation is 2. The van der Waals surface area contributed by atoms with Crippen molar-refractivity contribution in [2.24, 2.45) is 0 Å². The van der Waals surface area contributed by atoms with Crippen LogP contribution in [-0.4, -0.2) is 23.0 Å². The maximum absolute atomic E-state index is 14.3. The molecule has 0 aromatic heterocycles. The molecule has 2 N–H and O–H groups in total. The SMILES string of the molecule is Cc1ccc(C[C@H](NC(=O)C(c2ccccc2)(c2ccccc2)c2ccccc2)C(=O)O)cc1C. The molecule has 1 atom stereocenters. The highest BCUT2D eigenvalue weighted by Gasteiger charge is 2.45. The normalized spacial score (nSPS) is 12.1. The van der Waals surface area contributed by atoms with Crippen molar-refractivity contribution in [1.82, 2.24) is 5.32 Å². The van der Waals surface area contributed by atoms with E-state index < -0.39 is 17.4 Å². The summed E-state index contributed by atoms with van der Waals surface area (Å²) in [5.74, 6) is -1.45. The predicted octanol–water partition coefficient (Wildman–Crippen LogP) is 5.45. The minimum absolute atomic E-state index is 0.191. The first-order valence-corrected chi connectivity index (χ1v) is 11.7. The lowest BCUT2D eigenvalue weighted by Gasteiger charge is -2.35. The third-order valence-electron chi connectivity index (χ3n) is 6.58. The molecule has 0 spiro atoms. The van der Waals surface area contributed by atoms with Crippen LogP contribution in [0.1, 0.15) is 33.4 Å². The molecule has 0 heterocycles. The molecule has 4 rings (SSSR count). The molecule has 0 saturated heterocycles. The Bertz CT molecular complexity index is 1200. The largest absolute Gasteiger partial charge is 0.480 e. The zero-order valence-electron chi connectivity index (χ0n) is 19.9. The van der Waals surface area contributed by atoms with Crippen molar-refractivity contribution in [3.8, 4) is 0 Å². The van der Waals surface area contributed by atoms with Gasteiger partial charge in [-0.3, -0.25) is 4.79 Å². The van der Waals surface area contributed by atoms with Gasteiger partial charge in [-0.1, -0.05) is 109 Å². The van der Waals surface area contributed by atoms with Crippen LogP contribution in [0.2, 0.25) is 0 Å². The average Bonchev–Trinajstić information content (AvgIpc) is 2.88. The Morgan fingerprint density at radius 3 is 1.57 bits per heavy atom. The number of carboxylic acids is 1. The highest BCUT2D eigenvalue weighted by Crippen LogP contribution is 2.39. The van der Waals surface area contributed by atoms with Crippen LogP contribution in [0, 0.1) is 13.8 Å². The van der Waals surface area contributed by atoms with Crippen LogP contribution in [0.4, 0.5) is 0 Å². The van der Waals surface area contributed by atoms with E-state index in [0.717, 1.165) is 33.4 Å². The Morgan fingerprint density at radius 2 is 1.17 bits per heavy atom. The number of amides is 1. The van der Waals surface area contributed by atoms with E-state index in [1.54, 1.807) is 0 Å². The van der Waals surface area contributed by atoms with Gasteiger partial charge in [0.2, 0.25) is 5.91 Å². The Hall–Kier alpha value is -4.18. The molecule has 0 unspecified atom stereocenters. The number of carbonyl (C=O) groups excluding carboxylic acids is 1. The fourth-order valence-electron chi connectivity index (χ4n) is 4.59. The van der Waals surface area contributed by atoms with Gasteiger partial charge in [-0.2, -0.15) is 0 Å². The number of rotatable bonds is 8. The van der Waals surface area contributed by atoms with Crippen molar-refractivity contribution in [3.63, 3.8) is 0 Å². The van der Waals surface area contributed by atoms with Crippen LogP contribution in [0.3, 0.4) is 0 Å². The molecule has 0 fully saturated rings. The smallest absolute Gasteiger partial charge is 0.326 e. The third-order valence-corrected chi connectivity index (χ3v) is 6.58. The zero-order valence-corrected chi connectivity index (χ0v) is 19.9. The first-order valence-electron chi connectivity index (χ1n) is 11.7. The maximum Gasteiger partial charge on any atom is 0.326 e. The predicted molar refractivity (Wildman–Crippen MR) is 138 cm³/mol. The molecule has 4 heteroatoms. The maximum atomic E-state index is 14.3. The number of aliphatic carboxylic acids is 1. The molecular formula is C31H29NO3. The number of hydrogen-bond donors (Lipinski definition) is 2. The second-order valence-corrected chi connectivity index (χ2v) is 8.84. The molecule has 0 bridgehead atoms. The van der Waals surface area contributed by atoms with Crippen LogP contribution in [0.25, 0.3) is 0 Å². The fourth-order valence-corrected chi connectivity index (χ4v) is 4.59. The summed E-state index contributed by atoms with van der Waals surface area (Å²) < 4.78 is 0. The van der Waals surface area contributed by atoms with Gasteiger partial charge in [-0.25, -0.2) is 4.79 Å². The lowest BCUT2D eigenvalue weighted by atomic mass is 9.68. The first-order chi connectivity index (χ1) is 16.9. The van der Waals surface area contributed by atoms with Gasteiger partial charge in [0.15, 0.2) is 0 Å². The highest BCUT2D eigenvalue weighted by atomic mass is 16.4. The molecule has 0 radical (unpaired) electrons. The van der Waals surface area contributed by atoms with E-state index in [4.69, 9.17) is 0 Å². The Balaban J connectivity index is 1.83. The van der Waals surface area contributed by atoms with Gasteiger partial charge >= 0.3 is 5.97 Å². The standard InChI is InChI=1S/C31H29NO3/c1-22-18-19-24(20-23(22)2)21-28(29(33)34)32-30(35)31(25-12-6-3-7-13-25,26-14-8-4-9-15-26)27-16-10-5-11-17-27/h3-20,28H,21H2,1-2H3,(H,32,35)(H,33,34)/t28-/m0/s1. The second kappa shape index (κ2) is 10.4. The summed E-state index contributed by atoms with van der Waals surface area (Å²) >= 11 is 0. The van der Waals surface area contributed by atoms with E-state index >= 15 is 0 Å². The monoisotopic (exact) mass is 463 g/mol. The van der Waals surface area contributed by atoms with E-state index in [2.05, 4.69) is 5.32 Å². The van der Waals surface area contributed by atoms with Gasteiger partial charge in [0.25, 0.3) is 0 Å². The fraction of sp³-hybridized carbons (Fsp3) is 0.161. The molecule has 4 nitrogen and oxygen atoms in total. The van der Waals surface area contributed by atoms with Crippen molar-refractivity contribution in [2.75, 3.05) is 0 Å². The van der Waals surface area contributed by atoms with E-state index in [1.165, 1.54) is 0 Å². The summed E-state index contributed by atoms with van der Waals surface area (Å²) in [6, 6.07) is 33.4. The Labute approximate surface area is 206 Å². The molecule has 4 aromatic rings. The summed E-state index contributed by atoms with van der Waals surface area (Å²) in [5.41, 5.74) is 4.18. The zero-order chi connectivity index (χ0) is 24.8. The number of nitrogens with one attached hydrogen (secondary N) is 1. The molecule has 1 amide bonds. The molecule has 35 heavy (non-hydrogen) atoms. The summed E-state index contributed by atoms with van der Waals surface area (Å²) in [7, 11) is 0. The summed E-state index contributed by atoms with van der Waals surface area (Å²) in [5, 5.41) is 13.0. The van der Waals surface area contributed by atoms with Crippen LogP contribution in [0.5, 0.6) is 0 Å². The lowest BCUT2D eigenvalue weighted by molar-refractivity contribution is -0.142. The van der Waals surface area contributed by atoms with Gasteiger partial charge in [-0.05, 0) is 47.2 Å². The Morgan fingerprint density at radius 1 is 0.714 bits per heavy atom. The summed E-state index contributed by atoms with van der Waals surface area (Å²) in [6.07, 6.45) is 0.191. The molecular weight excluding hydrogens is 434 g/mol. The van der Waals surface area contributed by atoms with Gasteiger partial charge in [0, 0.05) is 6.42 Å². The summed E-state index contributed by atoms with van der Waals surface area (Å²) in [4.78, 5) is 26.6. The van der Waals surface area contributed by atoms with Gasteiger partial charge in [0.05, 0.1) is 0 Å². The Kier molecular flexibility index (Phi) is 7.11. The van der Waals surface area contributed by atoms with E-state index in [-0.39, 0.29) is 12.3 Å². The molecule has 176 valence electrons. The number of hydrogen-bond acceptors (Lipinski definition) is 2. The van der Waals surface area contributed by atoms with E-state index in [0.29, 0.717) is 0 Å². The van der Waals surface area contributed by atoms with Crippen LogP contribution in [-0.2, 0) is 21.4 Å².